The van der Waals surface area contributed by atoms with Gasteiger partial charge in [0.1, 0.15) is 11.1 Å². The fraction of sp³-hybridized carbons (Fsp3) is 0.364. The molecular formula is C11H14ClNO2. The Morgan fingerprint density at radius 2 is 2.20 bits per heavy atom. The molecule has 0 aliphatic heterocycles. The van der Waals surface area contributed by atoms with Crippen LogP contribution in [0.4, 0.5) is 0 Å². The molecule has 0 saturated heterocycles. The zero-order valence-electron chi connectivity index (χ0n) is 8.79. The van der Waals surface area contributed by atoms with Crippen LogP contribution in [-0.4, -0.2) is 19.6 Å². The predicted octanol–water partition coefficient (Wildman–Crippen LogP) is 2.11. The van der Waals surface area contributed by atoms with Crippen molar-refractivity contribution in [1.29, 1.82) is 0 Å². The molecule has 3 nitrogen and oxygen atoms in total. The SMILES string of the molecule is CCOc1ccccc1C(Cl)C(=O)NC. The molecule has 1 N–H and O–H groups in total. The summed E-state index contributed by atoms with van der Waals surface area (Å²) >= 11 is 6.01. The van der Waals surface area contributed by atoms with E-state index in [2.05, 4.69) is 5.32 Å². The molecule has 0 aromatic heterocycles. The molecule has 0 heterocycles. The normalized spacial score (nSPS) is 11.9. The van der Waals surface area contributed by atoms with Crippen molar-refractivity contribution in [2.75, 3.05) is 13.7 Å². The van der Waals surface area contributed by atoms with Crippen LogP contribution in [0.25, 0.3) is 0 Å². The Morgan fingerprint density at radius 1 is 1.53 bits per heavy atom. The van der Waals surface area contributed by atoms with Gasteiger partial charge in [-0.2, -0.15) is 0 Å². The van der Waals surface area contributed by atoms with E-state index < -0.39 is 5.38 Å². The third kappa shape index (κ3) is 2.86. The largest absolute Gasteiger partial charge is 0.494 e. The van der Waals surface area contributed by atoms with E-state index >= 15 is 0 Å². The van der Waals surface area contributed by atoms with Crippen LogP contribution in [0.3, 0.4) is 0 Å². The van der Waals surface area contributed by atoms with Crippen molar-refractivity contribution in [3.05, 3.63) is 29.8 Å². The molecule has 0 saturated carbocycles. The van der Waals surface area contributed by atoms with Gasteiger partial charge in [-0.05, 0) is 13.0 Å². The van der Waals surface area contributed by atoms with Crippen LogP contribution >= 0.6 is 11.6 Å². The maximum absolute atomic E-state index is 11.4. The van der Waals surface area contributed by atoms with Gasteiger partial charge in [-0.1, -0.05) is 18.2 Å². The summed E-state index contributed by atoms with van der Waals surface area (Å²) in [7, 11) is 1.56. The fourth-order valence-electron chi connectivity index (χ4n) is 1.24. The second-order valence-corrected chi connectivity index (χ2v) is 3.38. The standard InChI is InChI=1S/C11H14ClNO2/c1-3-15-9-7-5-4-6-8(9)10(12)11(14)13-2/h4-7,10H,3H2,1-2H3,(H,13,14). The number of likely N-dealkylation sites (N-methyl/N-ethyl adjacent to an activating group) is 1. The lowest BCUT2D eigenvalue weighted by Gasteiger charge is -2.13. The first-order valence-electron chi connectivity index (χ1n) is 4.78. The fourth-order valence-corrected chi connectivity index (χ4v) is 1.53. The molecule has 0 fully saturated rings. The molecule has 82 valence electrons. The highest BCUT2D eigenvalue weighted by molar-refractivity contribution is 6.31. The smallest absolute Gasteiger partial charge is 0.242 e. The van der Waals surface area contributed by atoms with Crippen molar-refractivity contribution in [3.8, 4) is 5.75 Å². The molecule has 1 aromatic carbocycles. The summed E-state index contributed by atoms with van der Waals surface area (Å²) in [4.78, 5) is 11.4. The van der Waals surface area contributed by atoms with E-state index in [4.69, 9.17) is 16.3 Å². The van der Waals surface area contributed by atoms with E-state index in [-0.39, 0.29) is 5.91 Å². The Balaban J connectivity index is 2.96. The van der Waals surface area contributed by atoms with E-state index in [1.165, 1.54) is 0 Å². The van der Waals surface area contributed by atoms with Crippen molar-refractivity contribution in [2.45, 2.75) is 12.3 Å². The van der Waals surface area contributed by atoms with Gasteiger partial charge in [0, 0.05) is 12.6 Å². The molecule has 1 aromatic rings. The van der Waals surface area contributed by atoms with Crippen LogP contribution in [0.5, 0.6) is 5.75 Å². The zero-order valence-corrected chi connectivity index (χ0v) is 9.54. The van der Waals surface area contributed by atoms with Crippen LogP contribution in [0.1, 0.15) is 17.9 Å². The number of rotatable bonds is 4. The first kappa shape index (κ1) is 11.9. The number of hydrogen-bond acceptors (Lipinski definition) is 2. The molecule has 1 rings (SSSR count). The van der Waals surface area contributed by atoms with Crippen molar-refractivity contribution in [2.24, 2.45) is 0 Å². The Kier molecular flexibility index (Phi) is 4.43. The summed E-state index contributed by atoms with van der Waals surface area (Å²) in [5.74, 6) is 0.424. The predicted molar refractivity (Wildman–Crippen MR) is 60.3 cm³/mol. The summed E-state index contributed by atoms with van der Waals surface area (Å²) in [6.45, 7) is 2.44. The quantitative estimate of drug-likeness (QED) is 0.801. The molecule has 0 aliphatic rings. The van der Waals surface area contributed by atoms with Gasteiger partial charge in [0.2, 0.25) is 5.91 Å². The lowest BCUT2D eigenvalue weighted by atomic mass is 10.1. The van der Waals surface area contributed by atoms with Crippen LogP contribution in [0.2, 0.25) is 0 Å². The number of benzene rings is 1. The molecule has 15 heavy (non-hydrogen) atoms. The van der Waals surface area contributed by atoms with Crippen LogP contribution in [0, 0.1) is 0 Å². The Labute approximate surface area is 94.4 Å². The van der Waals surface area contributed by atoms with Crippen molar-refractivity contribution in [1.82, 2.24) is 5.32 Å². The van der Waals surface area contributed by atoms with Crippen molar-refractivity contribution >= 4 is 17.5 Å². The first-order chi connectivity index (χ1) is 7.20. The highest BCUT2D eigenvalue weighted by Gasteiger charge is 2.19. The average Bonchev–Trinajstić information content (AvgIpc) is 2.28. The van der Waals surface area contributed by atoms with Gasteiger partial charge in [0.15, 0.2) is 0 Å². The minimum Gasteiger partial charge on any atom is -0.494 e. The molecule has 4 heteroatoms. The Hall–Kier alpha value is -1.22. The highest BCUT2D eigenvalue weighted by atomic mass is 35.5. The average molecular weight is 228 g/mol. The molecule has 0 spiro atoms. The third-order valence-electron chi connectivity index (χ3n) is 1.97. The minimum atomic E-state index is -0.710. The molecule has 1 atom stereocenters. The number of nitrogens with one attached hydrogen (secondary N) is 1. The maximum atomic E-state index is 11.4. The monoisotopic (exact) mass is 227 g/mol. The number of carbonyl (C=O) groups excluding carboxylic acids is 1. The second-order valence-electron chi connectivity index (χ2n) is 2.95. The molecular weight excluding hydrogens is 214 g/mol. The molecule has 0 bridgehead atoms. The maximum Gasteiger partial charge on any atom is 0.242 e. The van der Waals surface area contributed by atoms with Gasteiger partial charge in [-0.15, -0.1) is 11.6 Å². The zero-order chi connectivity index (χ0) is 11.3. The number of para-hydroxylation sites is 1. The summed E-state index contributed by atoms with van der Waals surface area (Å²) < 4.78 is 5.39. The third-order valence-corrected chi connectivity index (χ3v) is 2.40. The number of halogens is 1. The van der Waals surface area contributed by atoms with Crippen LogP contribution in [0.15, 0.2) is 24.3 Å². The van der Waals surface area contributed by atoms with E-state index in [1.54, 1.807) is 19.2 Å². The summed E-state index contributed by atoms with van der Waals surface area (Å²) in [6, 6.07) is 7.27. The second kappa shape index (κ2) is 5.61. The topological polar surface area (TPSA) is 38.3 Å². The number of carbonyl (C=O) groups is 1. The molecule has 1 unspecified atom stereocenters. The first-order valence-corrected chi connectivity index (χ1v) is 5.21. The van der Waals surface area contributed by atoms with Gasteiger partial charge in [-0.3, -0.25) is 4.79 Å². The van der Waals surface area contributed by atoms with E-state index in [0.717, 1.165) is 0 Å². The lowest BCUT2D eigenvalue weighted by Crippen LogP contribution is -2.22. The summed E-state index contributed by atoms with van der Waals surface area (Å²) in [5.41, 5.74) is 0.695. The minimum absolute atomic E-state index is 0.233. The molecule has 1 amide bonds. The number of hydrogen-bond donors (Lipinski definition) is 1. The summed E-state index contributed by atoms with van der Waals surface area (Å²) in [5, 5.41) is 1.80. The van der Waals surface area contributed by atoms with Gasteiger partial charge in [0.05, 0.1) is 6.61 Å². The van der Waals surface area contributed by atoms with Gasteiger partial charge >= 0.3 is 0 Å². The van der Waals surface area contributed by atoms with Crippen molar-refractivity contribution in [3.63, 3.8) is 0 Å². The highest BCUT2D eigenvalue weighted by Crippen LogP contribution is 2.29. The summed E-state index contributed by atoms with van der Waals surface area (Å²) in [6.07, 6.45) is 0. The Morgan fingerprint density at radius 3 is 2.80 bits per heavy atom. The molecule has 0 radical (unpaired) electrons. The van der Waals surface area contributed by atoms with E-state index in [9.17, 15) is 4.79 Å². The van der Waals surface area contributed by atoms with E-state index in [1.807, 2.05) is 19.1 Å². The van der Waals surface area contributed by atoms with Gasteiger partial charge in [-0.25, -0.2) is 0 Å². The van der Waals surface area contributed by atoms with Crippen LogP contribution in [-0.2, 0) is 4.79 Å². The number of ether oxygens (including phenoxy) is 1. The van der Waals surface area contributed by atoms with Crippen LogP contribution < -0.4 is 10.1 Å². The Bertz CT molecular complexity index is 341. The van der Waals surface area contributed by atoms with Gasteiger partial charge < -0.3 is 10.1 Å². The number of alkyl halides is 1. The lowest BCUT2D eigenvalue weighted by molar-refractivity contribution is -0.120. The van der Waals surface area contributed by atoms with Gasteiger partial charge in [0.25, 0.3) is 0 Å². The van der Waals surface area contributed by atoms with Crippen molar-refractivity contribution < 1.29 is 9.53 Å². The van der Waals surface area contributed by atoms with E-state index in [0.29, 0.717) is 17.9 Å². The molecule has 0 aliphatic carbocycles. The number of amides is 1.